The van der Waals surface area contributed by atoms with Crippen LogP contribution in [-0.2, 0) is 9.53 Å². The number of rotatable bonds is 3. The second-order valence-corrected chi connectivity index (χ2v) is 5.32. The molecule has 1 amide bonds. The maximum absolute atomic E-state index is 12.0. The maximum Gasteiger partial charge on any atom is 0.223 e. The molecule has 2 aliphatic rings. The van der Waals surface area contributed by atoms with Crippen LogP contribution >= 0.6 is 0 Å². The van der Waals surface area contributed by atoms with Gasteiger partial charge in [0.15, 0.2) is 0 Å². The molecule has 0 aromatic heterocycles. The van der Waals surface area contributed by atoms with E-state index < -0.39 is 5.60 Å². The van der Waals surface area contributed by atoms with E-state index in [9.17, 15) is 9.90 Å². The molecular weight excluding hydrogens is 220 g/mol. The number of hydrogen-bond donors (Lipinski definition) is 3. The van der Waals surface area contributed by atoms with Crippen molar-refractivity contribution >= 4 is 5.91 Å². The molecule has 2 rings (SSSR count). The van der Waals surface area contributed by atoms with Gasteiger partial charge in [-0.3, -0.25) is 4.79 Å². The summed E-state index contributed by atoms with van der Waals surface area (Å²) in [6, 6.07) is 0. The van der Waals surface area contributed by atoms with Gasteiger partial charge in [-0.05, 0) is 25.3 Å². The van der Waals surface area contributed by atoms with Gasteiger partial charge in [-0.1, -0.05) is 6.92 Å². The zero-order valence-corrected chi connectivity index (χ0v) is 10.4. The molecule has 2 aliphatic heterocycles. The summed E-state index contributed by atoms with van der Waals surface area (Å²) < 4.78 is 5.32. The van der Waals surface area contributed by atoms with Gasteiger partial charge in [-0.25, -0.2) is 0 Å². The van der Waals surface area contributed by atoms with Crippen LogP contribution in [0.4, 0.5) is 0 Å². The van der Waals surface area contributed by atoms with Gasteiger partial charge in [-0.15, -0.1) is 0 Å². The van der Waals surface area contributed by atoms with E-state index >= 15 is 0 Å². The van der Waals surface area contributed by atoms with Crippen LogP contribution in [0, 0.1) is 11.8 Å². The molecule has 0 spiro atoms. The van der Waals surface area contributed by atoms with Crippen LogP contribution < -0.4 is 10.6 Å². The number of nitrogens with one attached hydrogen (secondary N) is 2. The third kappa shape index (κ3) is 3.18. The van der Waals surface area contributed by atoms with Crippen LogP contribution in [0.5, 0.6) is 0 Å². The van der Waals surface area contributed by atoms with Crippen molar-refractivity contribution in [2.75, 3.05) is 32.8 Å². The number of hydrogen-bond acceptors (Lipinski definition) is 4. The lowest BCUT2D eigenvalue weighted by molar-refractivity contribution is -0.131. The summed E-state index contributed by atoms with van der Waals surface area (Å²) in [7, 11) is 0. The van der Waals surface area contributed by atoms with Crippen molar-refractivity contribution in [2.45, 2.75) is 25.4 Å². The molecule has 0 bridgehead atoms. The van der Waals surface area contributed by atoms with E-state index in [4.69, 9.17) is 4.74 Å². The average Bonchev–Trinajstić information content (AvgIpc) is 2.74. The molecule has 2 heterocycles. The monoisotopic (exact) mass is 242 g/mol. The Morgan fingerprint density at radius 3 is 3.12 bits per heavy atom. The number of amides is 1. The van der Waals surface area contributed by atoms with Crippen LogP contribution in [-0.4, -0.2) is 49.5 Å². The first-order chi connectivity index (χ1) is 8.11. The molecule has 0 saturated carbocycles. The van der Waals surface area contributed by atoms with E-state index in [-0.39, 0.29) is 17.7 Å². The molecule has 0 aliphatic carbocycles. The molecule has 2 saturated heterocycles. The first-order valence-electron chi connectivity index (χ1n) is 6.39. The predicted molar refractivity (Wildman–Crippen MR) is 63.5 cm³/mol. The fourth-order valence-corrected chi connectivity index (χ4v) is 2.53. The molecule has 5 heteroatoms. The summed E-state index contributed by atoms with van der Waals surface area (Å²) in [6.07, 6.45) is 1.49. The first kappa shape index (κ1) is 12.8. The smallest absolute Gasteiger partial charge is 0.223 e. The highest BCUT2D eigenvalue weighted by Crippen LogP contribution is 2.21. The summed E-state index contributed by atoms with van der Waals surface area (Å²) >= 11 is 0. The lowest BCUT2D eigenvalue weighted by Gasteiger charge is -2.29. The molecule has 3 N–H and O–H groups in total. The Hall–Kier alpha value is -0.650. The fraction of sp³-hybridized carbons (Fsp3) is 0.917. The molecule has 98 valence electrons. The van der Waals surface area contributed by atoms with Crippen LogP contribution in [0.3, 0.4) is 0 Å². The Morgan fingerprint density at radius 2 is 2.47 bits per heavy atom. The van der Waals surface area contributed by atoms with Gasteiger partial charge >= 0.3 is 0 Å². The lowest BCUT2D eigenvalue weighted by atomic mass is 9.89. The molecule has 0 aromatic rings. The number of carbonyl (C=O) groups excluding carboxylic acids is 1. The van der Waals surface area contributed by atoms with Gasteiger partial charge in [-0.2, -0.15) is 0 Å². The zero-order chi connectivity index (χ0) is 12.3. The highest BCUT2D eigenvalue weighted by molar-refractivity contribution is 5.79. The van der Waals surface area contributed by atoms with Crippen molar-refractivity contribution in [1.82, 2.24) is 10.6 Å². The summed E-state index contributed by atoms with van der Waals surface area (Å²) in [5, 5.41) is 16.1. The van der Waals surface area contributed by atoms with E-state index in [1.165, 1.54) is 0 Å². The highest BCUT2D eigenvalue weighted by Gasteiger charge is 2.33. The third-order valence-corrected chi connectivity index (χ3v) is 3.79. The molecular formula is C12H22N2O3. The topological polar surface area (TPSA) is 70.6 Å². The Kier molecular flexibility index (Phi) is 4.01. The largest absolute Gasteiger partial charge is 0.387 e. The first-order valence-corrected chi connectivity index (χ1v) is 6.39. The minimum Gasteiger partial charge on any atom is -0.387 e. The van der Waals surface area contributed by atoms with Crippen molar-refractivity contribution in [1.29, 1.82) is 0 Å². The van der Waals surface area contributed by atoms with E-state index in [2.05, 4.69) is 10.6 Å². The number of β-amino-alcohol motifs (C(OH)–C–C–N with tert-alkyl or cyclic N) is 1. The second-order valence-electron chi connectivity index (χ2n) is 5.32. The number of ether oxygens (including phenoxy) is 1. The number of aliphatic hydroxyl groups is 1. The van der Waals surface area contributed by atoms with Crippen LogP contribution in [0.15, 0.2) is 0 Å². The van der Waals surface area contributed by atoms with Crippen molar-refractivity contribution < 1.29 is 14.6 Å². The molecule has 2 fully saturated rings. The standard InChI is InChI=1S/C12H22N2O3/c1-9-6-17-5-2-10(9)11(15)14-8-12(16)3-4-13-7-12/h9-10,13,16H,2-8H2,1H3,(H,14,15). The lowest BCUT2D eigenvalue weighted by Crippen LogP contribution is -2.47. The second kappa shape index (κ2) is 5.33. The minimum atomic E-state index is -0.760. The molecule has 17 heavy (non-hydrogen) atoms. The van der Waals surface area contributed by atoms with E-state index in [1.54, 1.807) is 0 Å². The van der Waals surface area contributed by atoms with E-state index in [1.807, 2.05) is 6.92 Å². The third-order valence-electron chi connectivity index (χ3n) is 3.79. The average molecular weight is 242 g/mol. The van der Waals surface area contributed by atoms with Crippen LogP contribution in [0.1, 0.15) is 19.8 Å². The molecule has 3 atom stereocenters. The van der Waals surface area contributed by atoms with Gasteiger partial charge < -0.3 is 20.5 Å². The summed E-state index contributed by atoms with van der Waals surface area (Å²) in [6.45, 7) is 5.09. The predicted octanol–water partition coefficient (Wildman–Crippen LogP) is -0.500. The van der Waals surface area contributed by atoms with Crippen molar-refractivity contribution in [3.05, 3.63) is 0 Å². The Morgan fingerprint density at radius 1 is 1.65 bits per heavy atom. The molecule has 0 radical (unpaired) electrons. The van der Waals surface area contributed by atoms with Gasteiger partial charge in [0.2, 0.25) is 5.91 Å². The van der Waals surface area contributed by atoms with Crippen molar-refractivity contribution in [3.63, 3.8) is 0 Å². The van der Waals surface area contributed by atoms with E-state index in [0.29, 0.717) is 32.7 Å². The summed E-state index contributed by atoms with van der Waals surface area (Å²) in [5.41, 5.74) is -0.760. The minimum absolute atomic E-state index is 0.0294. The van der Waals surface area contributed by atoms with Gasteiger partial charge in [0.25, 0.3) is 0 Å². The zero-order valence-electron chi connectivity index (χ0n) is 10.4. The fourth-order valence-electron chi connectivity index (χ4n) is 2.53. The number of carbonyl (C=O) groups is 1. The highest BCUT2D eigenvalue weighted by atomic mass is 16.5. The van der Waals surface area contributed by atoms with Crippen LogP contribution in [0.25, 0.3) is 0 Å². The Labute approximate surface area is 102 Å². The van der Waals surface area contributed by atoms with Gasteiger partial charge in [0, 0.05) is 32.2 Å². The Balaban J connectivity index is 1.80. The summed E-state index contributed by atoms with van der Waals surface area (Å²) in [5.74, 6) is 0.350. The van der Waals surface area contributed by atoms with Crippen molar-refractivity contribution in [3.8, 4) is 0 Å². The SMILES string of the molecule is CC1COCCC1C(=O)NCC1(O)CCNC1. The van der Waals surface area contributed by atoms with Crippen LogP contribution in [0.2, 0.25) is 0 Å². The normalized spacial score (nSPS) is 38.0. The molecule has 0 aromatic carbocycles. The Bertz CT molecular complexity index is 277. The van der Waals surface area contributed by atoms with Gasteiger partial charge in [0.1, 0.15) is 0 Å². The summed E-state index contributed by atoms with van der Waals surface area (Å²) in [4.78, 5) is 12.0. The molecule has 3 unspecified atom stereocenters. The quantitative estimate of drug-likeness (QED) is 0.624. The molecule has 5 nitrogen and oxygen atoms in total. The van der Waals surface area contributed by atoms with Gasteiger partial charge in [0.05, 0.1) is 5.60 Å². The van der Waals surface area contributed by atoms with E-state index in [0.717, 1.165) is 13.0 Å². The maximum atomic E-state index is 12.0. The van der Waals surface area contributed by atoms with Crippen molar-refractivity contribution in [2.24, 2.45) is 11.8 Å².